The lowest BCUT2D eigenvalue weighted by Crippen LogP contribution is -2.40. The molecule has 41 heavy (non-hydrogen) atoms. The first kappa shape index (κ1) is 32.7. The molecule has 220 valence electrons. The average molecular weight is 568 g/mol. The smallest absolute Gasteiger partial charge is 0.328 e. The summed E-state index contributed by atoms with van der Waals surface area (Å²) in [6.07, 6.45) is 6.08. The van der Waals surface area contributed by atoms with Crippen LogP contribution in [-0.4, -0.2) is 80.3 Å². The number of nitrogens with zero attached hydrogens (tertiary/aromatic N) is 2. The van der Waals surface area contributed by atoms with E-state index in [4.69, 9.17) is 26.2 Å². The van der Waals surface area contributed by atoms with Gasteiger partial charge in [-0.15, -0.1) is 0 Å². The molecule has 4 rings (SSSR count). The maximum atomic E-state index is 9.55. The third-order valence-corrected chi connectivity index (χ3v) is 6.53. The van der Waals surface area contributed by atoms with E-state index in [1.54, 1.807) is 5.56 Å². The second-order valence-electron chi connectivity index (χ2n) is 9.74. The van der Waals surface area contributed by atoms with E-state index in [0.29, 0.717) is 24.3 Å². The summed E-state index contributed by atoms with van der Waals surface area (Å²) in [5, 5.41) is 31.2. The number of nitrogens with two attached hydrogens (primary N) is 1. The number of hydrogen-bond donors (Lipinski definition) is 5. The van der Waals surface area contributed by atoms with Crippen LogP contribution in [0.3, 0.4) is 0 Å². The van der Waals surface area contributed by atoms with Gasteiger partial charge in [-0.1, -0.05) is 36.4 Å². The van der Waals surface area contributed by atoms with Gasteiger partial charge in [0.25, 0.3) is 0 Å². The molecule has 0 saturated carbocycles. The Morgan fingerprint density at radius 3 is 1.78 bits per heavy atom. The summed E-state index contributed by atoms with van der Waals surface area (Å²) in [5.74, 6) is -4.18. The minimum Gasteiger partial charge on any atom is -0.478 e. The lowest BCUT2D eigenvalue weighted by molar-refractivity contribution is -0.134. The molecule has 2 aromatic rings. The summed E-state index contributed by atoms with van der Waals surface area (Å²) in [5.41, 5.74) is 11.2. The van der Waals surface area contributed by atoms with E-state index >= 15 is 0 Å². The van der Waals surface area contributed by atoms with Crippen molar-refractivity contribution in [1.82, 2.24) is 9.80 Å². The van der Waals surface area contributed by atoms with Gasteiger partial charge in [0.15, 0.2) is 0 Å². The van der Waals surface area contributed by atoms with E-state index in [-0.39, 0.29) is 0 Å². The fourth-order valence-corrected chi connectivity index (χ4v) is 4.64. The Balaban J connectivity index is 0.000000304. The molecule has 2 aliphatic heterocycles. The topological polar surface area (TPSA) is 182 Å². The molecular weight excluding hydrogens is 530 g/mol. The lowest BCUT2D eigenvalue weighted by atomic mass is 9.93. The Labute approximate surface area is 238 Å². The average Bonchev–Trinajstić information content (AvgIpc) is 2.92. The molecule has 0 bridgehead atoms. The summed E-state index contributed by atoms with van der Waals surface area (Å²) in [4.78, 5) is 43.5. The van der Waals surface area contributed by atoms with E-state index in [1.807, 2.05) is 6.07 Å². The number of carbonyl (C=O) groups is 4. The van der Waals surface area contributed by atoms with E-state index in [1.165, 1.54) is 56.6 Å². The van der Waals surface area contributed by atoms with Crippen molar-refractivity contribution in [2.45, 2.75) is 32.4 Å². The number of nitrogen functional groups attached to an aromatic ring is 1. The first-order valence-electron chi connectivity index (χ1n) is 13.2. The maximum Gasteiger partial charge on any atom is 0.328 e. The van der Waals surface area contributed by atoms with Crippen molar-refractivity contribution >= 4 is 29.6 Å². The summed E-state index contributed by atoms with van der Waals surface area (Å²) < 4.78 is 0. The number of rotatable bonds is 8. The molecule has 1 saturated heterocycles. The molecule has 1 fully saturated rings. The number of piperidine rings is 1. The molecule has 0 spiro atoms. The van der Waals surface area contributed by atoms with Gasteiger partial charge in [-0.05, 0) is 67.1 Å². The Kier molecular flexibility index (Phi) is 13.8. The zero-order chi connectivity index (χ0) is 30.2. The summed E-state index contributed by atoms with van der Waals surface area (Å²) in [6.45, 7) is 7.09. The van der Waals surface area contributed by atoms with Gasteiger partial charge in [-0.3, -0.25) is 9.80 Å². The van der Waals surface area contributed by atoms with Gasteiger partial charge in [-0.25, -0.2) is 19.2 Å². The highest BCUT2D eigenvalue weighted by atomic mass is 16.4. The van der Waals surface area contributed by atoms with Crippen LogP contribution >= 0.6 is 0 Å². The SMILES string of the molecule is Nc1cccc(CN2CCC(CN3CCc4ccccc4C3)CC2)c1.O=C(O)C=CC(=O)O.O=C(O)C=CC(=O)O. The number of benzene rings is 2. The molecule has 2 heterocycles. The number of aliphatic carboxylic acids is 4. The highest BCUT2D eigenvalue weighted by Gasteiger charge is 2.23. The molecular formula is C30H37N3O8. The predicted octanol–water partition coefficient (Wildman–Crippen LogP) is 2.96. The van der Waals surface area contributed by atoms with Gasteiger partial charge in [0, 0.05) is 56.2 Å². The van der Waals surface area contributed by atoms with Gasteiger partial charge in [0.2, 0.25) is 0 Å². The third-order valence-electron chi connectivity index (χ3n) is 6.53. The largest absolute Gasteiger partial charge is 0.478 e. The van der Waals surface area contributed by atoms with E-state index < -0.39 is 23.9 Å². The minimum atomic E-state index is -1.26. The fourth-order valence-electron chi connectivity index (χ4n) is 4.64. The Morgan fingerprint density at radius 2 is 1.27 bits per heavy atom. The zero-order valence-electron chi connectivity index (χ0n) is 22.8. The molecule has 0 aliphatic carbocycles. The molecule has 2 aromatic carbocycles. The number of carboxylic acids is 4. The number of anilines is 1. The lowest BCUT2D eigenvalue weighted by Gasteiger charge is -2.36. The molecule has 0 aromatic heterocycles. The van der Waals surface area contributed by atoms with Crippen LogP contribution in [0.5, 0.6) is 0 Å². The van der Waals surface area contributed by atoms with Crippen LogP contribution in [0.2, 0.25) is 0 Å². The van der Waals surface area contributed by atoms with Crippen LogP contribution in [0.15, 0.2) is 72.8 Å². The van der Waals surface area contributed by atoms with Gasteiger partial charge < -0.3 is 26.2 Å². The molecule has 6 N–H and O–H groups in total. The Hall–Kier alpha value is -4.48. The van der Waals surface area contributed by atoms with Crippen molar-refractivity contribution in [3.05, 3.63) is 89.5 Å². The molecule has 0 atom stereocenters. The van der Waals surface area contributed by atoms with Crippen LogP contribution in [0.4, 0.5) is 5.69 Å². The second-order valence-corrected chi connectivity index (χ2v) is 9.74. The number of likely N-dealkylation sites (tertiary alicyclic amines) is 1. The van der Waals surface area contributed by atoms with Crippen LogP contribution in [0.25, 0.3) is 0 Å². The zero-order valence-corrected chi connectivity index (χ0v) is 22.8. The molecule has 0 radical (unpaired) electrons. The van der Waals surface area contributed by atoms with Crippen LogP contribution in [-0.2, 0) is 38.7 Å². The van der Waals surface area contributed by atoms with Gasteiger partial charge in [-0.2, -0.15) is 0 Å². The Morgan fingerprint density at radius 1 is 0.732 bits per heavy atom. The molecule has 2 aliphatic rings. The number of hydrogen-bond acceptors (Lipinski definition) is 7. The van der Waals surface area contributed by atoms with Crippen molar-refractivity contribution in [2.24, 2.45) is 5.92 Å². The van der Waals surface area contributed by atoms with Crippen molar-refractivity contribution < 1.29 is 39.6 Å². The number of carboxylic acid groups (broad SMARTS) is 4. The maximum absolute atomic E-state index is 9.55. The summed E-state index contributed by atoms with van der Waals surface area (Å²) in [6, 6.07) is 17.3. The summed E-state index contributed by atoms with van der Waals surface area (Å²) >= 11 is 0. The Bertz CT molecular complexity index is 1170. The van der Waals surface area contributed by atoms with Crippen LogP contribution in [0.1, 0.15) is 29.5 Å². The molecule has 0 amide bonds. The van der Waals surface area contributed by atoms with E-state index in [9.17, 15) is 19.2 Å². The highest BCUT2D eigenvalue weighted by Crippen LogP contribution is 2.24. The minimum absolute atomic E-state index is 0.558. The normalized spacial score (nSPS) is 15.7. The van der Waals surface area contributed by atoms with Crippen LogP contribution in [0, 0.1) is 5.92 Å². The summed E-state index contributed by atoms with van der Waals surface area (Å²) in [7, 11) is 0. The van der Waals surface area contributed by atoms with Crippen molar-refractivity contribution in [1.29, 1.82) is 0 Å². The molecule has 11 heteroatoms. The van der Waals surface area contributed by atoms with E-state index in [2.05, 4.69) is 52.3 Å². The van der Waals surface area contributed by atoms with Gasteiger partial charge in [0.05, 0.1) is 0 Å². The van der Waals surface area contributed by atoms with Crippen LogP contribution < -0.4 is 5.73 Å². The second kappa shape index (κ2) is 17.3. The van der Waals surface area contributed by atoms with Gasteiger partial charge in [0.1, 0.15) is 0 Å². The van der Waals surface area contributed by atoms with Crippen molar-refractivity contribution in [3.63, 3.8) is 0 Å². The standard InChI is InChI=1S/C22H29N3.2C4H4O4/c23-22-7-3-4-19(14-22)16-24-11-8-18(9-12-24)15-25-13-10-20-5-1-2-6-21(20)17-25;2*5-3(6)1-2-4(7)8/h1-7,14,18H,8-13,15-17,23H2;2*1-2H,(H,5,6)(H,7,8). The molecule has 11 nitrogen and oxygen atoms in total. The number of fused-ring (bicyclic) bond motifs is 1. The quantitative estimate of drug-likeness (QED) is 0.234. The first-order chi connectivity index (χ1) is 19.5. The van der Waals surface area contributed by atoms with Gasteiger partial charge >= 0.3 is 23.9 Å². The van der Waals surface area contributed by atoms with E-state index in [0.717, 1.165) is 24.7 Å². The monoisotopic (exact) mass is 567 g/mol. The fraction of sp³-hybridized carbons (Fsp3) is 0.333. The first-order valence-corrected chi connectivity index (χ1v) is 13.2. The van der Waals surface area contributed by atoms with Crippen molar-refractivity contribution in [3.8, 4) is 0 Å². The highest BCUT2D eigenvalue weighted by molar-refractivity contribution is 5.90. The molecule has 0 unspecified atom stereocenters. The predicted molar refractivity (Wildman–Crippen MR) is 153 cm³/mol. The third kappa shape index (κ3) is 13.9. The van der Waals surface area contributed by atoms with Crippen molar-refractivity contribution in [2.75, 3.05) is 31.9 Å².